The summed E-state index contributed by atoms with van der Waals surface area (Å²) in [6.07, 6.45) is 0.756. The molecule has 0 aliphatic carbocycles. The number of aliphatic hydroxyl groups excluding tert-OH is 2. The molecule has 14 heteroatoms. The molecule has 0 fully saturated rings. The third kappa shape index (κ3) is 7.54. The van der Waals surface area contributed by atoms with Gasteiger partial charge in [0.05, 0.1) is 22.2 Å². The Kier molecular flexibility index (Phi) is 10.4. The molecule has 2 atom stereocenters. The normalized spacial score (nSPS) is 12.5. The van der Waals surface area contributed by atoms with Gasteiger partial charge in [0.1, 0.15) is 23.4 Å². The molecule has 1 unspecified atom stereocenters. The van der Waals surface area contributed by atoms with Crippen LogP contribution in [0.25, 0.3) is 16.9 Å². The summed E-state index contributed by atoms with van der Waals surface area (Å²) < 4.78 is 7.63. The fourth-order valence-electron chi connectivity index (χ4n) is 4.47. The number of aliphatic hydroxyl groups is 2. The fraction of sp³-hybridized carbons (Fsp3) is 0.241. The molecule has 0 saturated heterocycles. The van der Waals surface area contributed by atoms with Crippen LogP contribution in [-0.2, 0) is 22.4 Å². The maximum absolute atomic E-state index is 13.7. The molecule has 2 aromatic heterocycles. The number of halogens is 2. The SMILES string of the molecule is NC(=O)[C@H](Cc1ccccc1)NC(=O)C(O)CCOc1c(CCO)c(-c2ccc[n+]([O-])c2)[n+]([O-])n1-c1ccc(Cl)c(Cl)c1. The number of rotatable bonds is 13. The second-order valence-electron chi connectivity index (χ2n) is 9.55. The summed E-state index contributed by atoms with van der Waals surface area (Å²) in [5.74, 6) is -1.60. The van der Waals surface area contributed by atoms with Crippen LogP contribution in [0.5, 0.6) is 5.88 Å². The lowest BCUT2D eigenvalue weighted by Crippen LogP contribution is -2.49. The van der Waals surface area contributed by atoms with Gasteiger partial charge < -0.3 is 36.4 Å². The van der Waals surface area contributed by atoms with Crippen LogP contribution in [0, 0.1) is 10.4 Å². The zero-order valence-electron chi connectivity index (χ0n) is 22.7. The first kappa shape index (κ1) is 31.6. The van der Waals surface area contributed by atoms with Crippen molar-refractivity contribution in [1.29, 1.82) is 0 Å². The van der Waals surface area contributed by atoms with E-state index in [1.165, 1.54) is 36.7 Å². The highest BCUT2D eigenvalue weighted by molar-refractivity contribution is 6.42. The van der Waals surface area contributed by atoms with Crippen molar-refractivity contribution >= 4 is 35.0 Å². The van der Waals surface area contributed by atoms with Crippen molar-refractivity contribution in [2.45, 2.75) is 31.4 Å². The minimum Gasteiger partial charge on any atom is -0.619 e. The average Bonchev–Trinajstić information content (AvgIpc) is 3.25. The number of nitrogens with two attached hydrogens (primary N) is 1. The van der Waals surface area contributed by atoms with Crippen molar-refractivity contribution in [1.82, 2.24) is 10.00 Å². The summed E-state index contributed by atoms with van der Waals surface area (Å²) in [7, 11) is 0. The number of amides is 2. The zero-order chi connectivity index (χ0) is 31.1. The van der Waals surface area contributed by atoms with Crippen molar-refractivity contribution in [3.63, 3.8) is 0 Å². The van der Waals surface area contributed by atoms with E-state index in [-0.39, 0.29) is 70.9 Å². The van der Waals surface area contributed by atoms with E-state index < -0.39 is 24.0 Å². The van der Waals surface area contributed by atoms with Gasteiger partial charge in [-0.3, -0.25) is 9.59 Å². The molecule has 0 saturated carbocycles. The quantitative estimate of drug-likeness (QED) is 0.128. The number of hydrogen-bond acceptors (Lipinski definition) is 7. The number of primary amides is 1. The van der Waals surface area contributed by atoms with Crippen molar-refractivity contribution in [3.05, 3.63) is 105 Å². The summed E-state index contributed by atoms with van der Waals surface area (Å²) in [6, 6.07) is 15.4. The summed E-state index contributed by atoms with van der Waals surface area (Å²) in [5, 5.41) is 49.0. The van der Waals surface area contributed by atoms with E-state index in [2.05, 4.69) is 5.32 Å². The molecular formula is C29H29Cl2N5O7. The van der Waals surface area contributed by atoms with Gasteiger partial charge in [-0.25, -0.2) is 0 Å². The van der Waals surface area contributed by atoms with Gasteiger partial charge in [0, 0.05) is 31.9 Å². The molecule has 226 valence electrons. The molecule has 2 heterocycles. The summed E-state index contributed by atoms with van der Waals surface area (Å²) in [6.45, 7) is -0.617. The molecule has 2 aromatic carbocycles. The number of nitrogens with zero attached hydrogens (tertiary/aromatic N) is 3. The third-order valence-corrected chi connectivity index (χ3v) is 7.28. The van der Waals surface area contributed by atoms with Crippen LogP contribution < -0.4 is 25.4 Å². The Balaban J connectivity index is 1.60. The van der Waals surface area contributed by atoms with Crippen LogP contribution in [0.15, 0.2) is 73.1 Å². The van der Waals surface area contributed by atoms with E-state index in [0.717, 1.165) is 10.2 Å². The number of benzene rings is 2. The number of pyridine rings is 1. The van der Waals surface area contributed by atoms with E-state index in [4.69, 9.17) is 33.7 Å². The molecule has 4 rings (SSSR count). The number of aromatic nitrogens is 3. The highest BCUT2D eigenvalue weighted by Gasteiger charge is 2.33. The predicted molar refractivity (Wildman–Crippen MR) is 157 cm³/mol. The van der Waals surface area contributed by atoms with Crippen molar-refractivity contribution < 1.29 is 34.1 Å². The molecule has 0 bridgehead atoms. The van der Waals surface area contributed by atoms with Gasteiger partial charge in [0.25, 0.3) is 11.6 Å². The van der Waals surface area contributed by atoms with Crippen LogP contribution in [0.4, 0.5) is 0 Å². The Morgan fingerprint density at radius 1 is 1.07 bits per heavy atom. The first-order chi connectivity index (χ1) is 20.6. The lowest BCUT2D eigenvalue weighted by Gasteiger charge is -2.18. The highest BCUT2D eigenvalue weighted by atomic mass is 35.5. The maximum atomic E-state index is 13.7. The van der Waals surface area contributed by atoms with Gasteiger partial charge in [-0.05, 0) is 29.8 Å². The Labute approximate surface area is 256 Å². The standard InChI is InChI=1S/C29H29Cl2N5O7/c30-22-9-8-20(16-23(22)31)35-29(21(10-13-37)26(36(35)42)19-7-4-12-34(41)17-19)43-14-11-25(38)28(40)33-24(27(32)39)15-18-5-2-1-3-6-18/h1-9,12,16-17,24-25,37-38H,10-11,13-15H2,(H2,32,39)(H,33,40)/t24-,25?/m0/s1. The minimum atomic E-state index is -1.58. The molecule has 0 radical (unpaired) electrons. The number of carbonyl (C=O) groups excluding carboxylic acids is 2. The van der Waals surface area contributed by atoms with Gasteiger partial charge >= 0.3 is 0 Å². The van der Waals surface area contributed by atoms with Gasteiger partial charge in [-0.2, -0.15) is 4.73 Å². The lowest BCUT2D eigenvalue weighted by atomic mass is 10.1. The van der Waals surface area contributed by atoms with E-state index >= 15 is 0 Å². The Hall–Kier alpha value is -4.36. The van der Waals surface area contributed by atoms with Crippen LogP contribution in [0.2, 0.25) is 10.0 Å². The fourth-order valence-corrected chi connectivity index (χ4v) is 4.76. The van der Waals surface area contributed by atoms with Gasteiger partial charge in [0.15, 0.2) is 12.4 Å². The summed E-state index contributed by atoms with van der Waals surface area (Å²) in [5.41, 5.74) is 7.07. The maximum Gasteiger partial charge on any atom is 0.265 e. The molecule has 0 aliphatic rings. The molecular weight excluding hydrogens is 601 g/mol. The number of ether oxygens (including phenoxy) is 1. The summed E-state index contributed by atoms with van der Waals surface area (Å²) in [4.78, 5) is 25.2. The zero-order valence-corrected chi connectivity index (χ0v) is 24.2. The predicted octanol–water partition coefficient (Wildman–Crippen LogP) is 1.60. The summed E-state index contributed by atoms with van der Waals surface area (Å²) >= 11 is 12.3. The van der Waals surface area contributed by atoms with Crippen LogP contribution in [-0.4, -0.2) is 52.1 Å². The van der Waals surface area contributed by atoms with E-state index in [9.17, 15) is 30.2 Å². The van der Waals surface area contributed by atoms with E-state index in [1.54, 1.807) is 30.3 Å². The van der Waals surface area contributed by atoms with Crippen LogP contribution in [0.3, 0.4) is 0 Å². The number of hydrogen-bond donors (Lipinski definition) is 4. The largest absolute Gasteiger partial charge is 0.619 e. The van der Waals surface area contributed by atoms with Gasteiger partial charge in [0.2, 0.25) is 11.8 Å². The Morgan fingerprint density at radius 2 is 1.81 bits per heavy atom. The lowest BCUT2D eigenvalue weighted by molar-refractivity contribution is -0.674. The van der Waals surface area contributed by atoms with Crippen molar-refractivity contribution in [2.24, 2.45) is 5.73 Å². The monoisotopic (exact) mass is 629 g/mol. The highest BCUT2D eigenvalue weighted by Crippen LogP contribution is 2.33. The first-order valence-electron chi connectivity index (χ1n) is 13.2. The van der Waals surface area contributed by atoms with Crippen LogP contribution in [0.1, 0.15) is 17.5 Å². The second kappa shape index (κ2) is 14.2. The van der Waals surface area contributed by atoms with Gasteiger partial charge in [-0.1, -0.05) is 63.1 Å². The second-order valence-corrected chi connectivity index (χ2v) is 10.4. The first-order valence-corrected chi connectivity index (χ1v) is 13.9. The number of carbonyl (C=O) groups is 2. The van der Waals surface area contributed by atoms with Gasteiger partial charge in [-0.15, -0.1) is 0 Å². The Bertz CT molecular complexity index is 1600. The molecule has 43 heavy (non-hydrogen) atoms. The van der Waals surface area contributed by atoms with Crippen LogP contribution >= 0.6 is 23.2 Å². The molecule has 5 N–H and O–H groups in total. The molecule has 0 spiro atoms. The Morgan fingerprint density at radius 3 is 2.47 bits per heavy atom. The van der Waals surface area contributed by atoms with Crippen molar-refractivity contribution in [2.75, 3.05) is 13.2 Å². The van der Waals surface area contributed by atoms with E-state index in [0.29, 0.717) is 9.58 Å². The van der Waals surface area contributed by atoms with E-state index in [1.807, 2.05) is 6.07 Å². The minimum absolute atomic E-state index is 0.00885. The molecule has 0 aliphatic heterocycles. The smallest absolute Gasteiger partial charge is 0.265 e. The molecule has 12 nitrogen and oxygen atoms in total. The topological polar surface area (TPSA) is 181 Å². The number of nitrogens with one attached hydrogen (secondary N) is 1. The molecule has 2 amide bonds. The average molecular weight is 630 g/mol. The molecule has 4 aromatic rings. The van der Waals surface area contributed by atoms with Crippen molar-refractivity contribution in [3.8, 4) is 22.8 Å². The third-order valence-electron chi connectivity index (χ3n) is 6.54.